The first-order chi connectivity index (χ1) is 13.4. The number of halogens is 2. The fourth-order valence-electron chi connectivity index (χ4n) is 3.30. The van der Waals surface area contributed by atoms with Gasteiger partial charge in [-0.25, -0.2) is 22.2 Å². The third kappa shape index (κ3) is 4.95. The molecule has 2 saturated heterocycles. The lowest BCUT2D eigenvalue weighted by molar-refractivity contribution is 0.0679. The molecule has 1 atom stereocenters. The number of hydrogen-bond donors (Lipinski definition) is 0. The molecule has 0 saturated carbocycles. The number of likely N-dealkylation sites (tertiary alicyclic amines) is 1. The molecule has 0 aliphatic carbocycles. The number of carbonyl (C=O) groups excluding carboxylic acids is 1. The van der Waals surface area contributed by atoms with E-state index in [-0.39, 0.29) is 18.1 Å². The quantitative estimate of drug-likeness (QED) is 0.683. The van der Waals surface area contributed by atoms with E-state index in [4.69, 9.17) is 9.47 Å². The predicted octanol–water partition coefficient (Wildman–Crippen LogP) is 0.992. The number of rotatable bonds is 6. The molecule has 0 radical (unpaired) electrons. The largest absolute Gasteiger partial charge is 0.472 e. The topological polar surface area (TPSA) is 89.0 Å². The molecule has 3 rings (SSSR count). The summed E-state index contributed by atoms with van der Waals surface area (Å²) in [5, 5.41) is -0.679. The molecule has 28 heavy (non-hydrogen) atoms. The third-order valence-corrected chi connectivity index (χ3v) is 7.03. The Kier molecular flexibility index (Phi) is 6.78. The molecule has 1 aromatic heterocycles. The van der Waals surface area contributed by atoms with Crippen LogP contribution in [0.5, 0.6) is 5.88 Å². The van der Waals surface area contributed by atoms with E-state index in [9.17, 15) is 22.0 Å². The van der Waals surface area contributed by atoms with Gasteiger partial charge in [-0.3, -0.25) is 4.79 Å². The summed E-state index contributed by atoms with van der Waals surface area (Å²) in [5.41, 5.74) is 0.0381. The Morgan fingerprint density at radius 1 is 1.29 bits per heavy atom. The lowest BCUT2D eigenvalue weighted by Crippen LogP contribution is -2.51. The van der Waals surface area contributed by atoms with Crippen LogP contribution in [-0.2, 0) is 14.8 Å². The summed E-state index contributed by atoms with van der Waals surface area (Å²) in [4.78, 5) is 18.2. The molecule has 2 aliphatic rings. The predicted molar refractivity (Wildman–Crippen MR) is 96.0 cm³/mol. The standard InChI is InChI=1S/C17H23F2N3O5S/c18-15(19)12-27-16-5-1-4-14(20-16)17(23)21-6-2-3-13(11-21)28(24,25)22-7-9-26-10-8-22/h1,4-5,13,15H,2-3,6-12H2. The molecule has 156 valence electrons. The highest BCUT2D eigenvalue weighted by Crippen LogP contribution is 2.23. The van der Waals surface area contributed by atoms with Gasteiger partial charge in [-0.2, -0.15) is 4.31 Å². The molecule has 1 aromatic rings. The SMILES string of the molecule is O=C(c1cccc(OCC(F)F)n1)N1CCCC(S(=O)(=O)N2CCOCC2)C1. The number of pyridine rings is 1. The molecular weight excluding hydrogens is 396 g/mol. The number of carbonyl (C=O) groups is 1. The number of aromatic nitrogens is 1. The fourth-order valence-corrected chi connectivity index (χ4v) is 5.21. The average Bonchev–Trinajstić information content (AvgIpc) is 2.72. The Balaban J connectivity index is 1.68. The molecule has 0 spiro atoms. The monoisotopic (exact) mass is 419 g/mol. The summed E-state index contributed by atoms with van der Waals surface area (Å²) in [6, 6.07) is 4.34. The van der Waals surface area contributed by atoms with Gasteiger partial charge in [0.1, 0.15) is 5.69 Å². The minimum absolute atomic E-state index is 0.0381. The second kappa shape index (κ2) is 9.10. The highest BCUT2D eigenvalue weighted by molar-refractivity contribution is 7.89. The van der Waals surface area contributed by atoms with Crippen molar-refractivity contribution in [3.8, 4) is 5.88 Å². The summed E-state index contributed by atoms with van der Waals surface area (Å²) in [5.74, 6) is -0.509. The third-order valence-electron chi connectivity index (χ3n) is 4.72. The van der Waals surface area contributed by atoms with Crippen LogP contribution in [0.1, 0.15) is 23.3 Å². The van der Waals surface area contributed by atoms with E-state index >= 15 is 0 Å². The van der Waals surface area contributed by atoms with Gasteiger partial charge in [-0.05, 0) is 18.9 Å². The number of piperidine rings is 1. The Hall–Kier alpha value is -1.85. The first-order valence-corrected chi connectivity index (χ1v) is 10.6. The highest BCUT2D eigenvalue weighted by Gasteiger charge is 2.37. The van der Waals surface area contributed by atoms with Crippen LogP contribution in [0.4, 0.5) is 8.78 Å². The zero-order chi connectivity index (χ0) is 20.1. The molecular formula is C17H23F2N3O5S. The van der Waals surface area contributed by atoms with Crippen molar-refractivity contribution in [2.24, 2.45) is 0 Å². The van der Waals surface area contributed by atoms with Gasteiger partial charge < -0.3 is 14.4 Å². The maximum atomic E-state index is 12.9. The normalized spacial score (nSPS) is 21.7. The number of ether oxygens (including phenoxy) is 2. The number of amides is 1. The van der Waals surface area contributed by atoms with Crippen molar-refractivity contribution in [2.75, 3.05) is 46.0 Å². The lowest BCUT2D eigenvalue weighted by atomic mass is 10.1. The van der Waals surface area contributed by atoms with E-state index in [2.05, 4.69) is 4.98 Å². The average molecular weight is 419 g/mol. The van der Waals surface area contributed by atoms with Crippen molar-refractivity contribution >= 4 is 15.9 Å². The smallest absolute Gasteiger partial charge is 0.272 e. The molecule has 0 aromatic carbocycles. The molecule has 0 N–H and O–H groups in total. The van der Waals surface area contributed by atoms with E-state index in [0.717, 1.165) is 0 Å². The zero-order valence-corrected chi connectivity index (χ0v) is 16.1. The second-order valence-electron chi connectivity index (χ2n) is 6.63. The van der Waals surface area contributed by atoms with Crippen LogP contribution in [0.25, 0.3) is 0 Å². The van der Waals surface area contributed by atoms with Crippen LogP contribution in [0.3, 0.4) is 0 Å². The van der Waals surface area contributed by atoms with Crippen molar-refractivity contribution in [1.82, 2.24) is 14.2 Å². The summed E-state index contributed by atoms with van der Waals surface area (Å²) in [6.07, 6.45) is -1.61. The second-order valence-corrected chi connectivity index (χ2v) is 8.85. The van der Waals surface area contributed by atoms with E-state index in [1.54, 1.807) is 0 Å². The molecule has 2 aliphatic heterocycles. The van der Waals surface area contributed by atoms with Gasteiger partial charge in [0, 0.05) is 32.2 Å². The first kappa shape index (κ1) is 20.9. The minimum Gasteiger partial charge on any atom is -0.472 e. The van der Waals surface area contributed by atoms with Crippen molar-refractivity contribution in [1.29, 1.82) is 0 Å². The Morgan fingerprint density at radius 3 is 2.75 bits per heavy atom. The minimum atomic E-state index is -3.53. The Morgan fingerprint density at radius 2 is 2.04 bits per heavy atom. The molecule has 1 unspecified atom stereocenters. The van der Waals surface area contributed by atoms with Gasteiger partial charge in [0.25, 0.3) is 12.3 Å². The molecule has 0 bridgehead atoms. The van der Waals surface area contributed by atoms with Gasteiger partial charge in [0.2, 0.25) is 15.9 Å². The van der Waals surface area contributed by atoms with Crippen molar-refractivity contribution < 1.29 is 31.5 Å². The number of alkyl halides is 2. The van der Waals surface area contributed by atoms with Crippen LogP contribution in [0.2, 0.25) is 0 Å². The maximum Gasteiger partial charge on any atom is 0.272 e. The fraction of sp³-hybridized carbons (Fsp3) is 0.647. The molecule has 1 amide bonds. The van der Waals surface area contributed by atoms with Gasteiger partial charge in [0.15, 0.2) is 6.61 Å². The van der Waals surface area contributed by atoms with Crippen molar-refractivity contribution in [2.45, 2.75) is 24.5 Å². The van der Waals surface area contributed by atoms with Crippen molar-refractivity contribution in [3.05, 3.63) is 23.9 Å². The van der Waals surface area contributed by atoms with E-state index in [0.29, 0.717) is 45.7 Å². The summed E-state index contributed by atoms with van der Waals surface area (Å²) in [6.45, 7) is 1.04. The summed E-state index contributed by atoms with van der Waals surface area (Å²) in [7, 11) is -3.53. The molecule has 3 heterocycles. The lowest BCUT2D eigenvalue weighted by Gasteiger charge is -2.36. The number of nitrogens with zero attached hydrogens (tertiary/aromatic N) is 3. The summed E-state index contributed by atoms with van der Waals surface area (Å²) < 4.78 is 61.8. The first-order valence-electron chi connectivity index (χ1n) is 9.12. The molecule has 2 fully saturated rings. The van der Waals surface area contributed by atoms with Gasteiger partial charge in [-0.15, -0.1) is 0 Å². The van der Waals surface area contributed by atoms with E-state index in [1.807, 2.05) is 0 Å². The highest BCUT2D eigenvalue weighted by atomic mass is 32.2. The Bertz CT molecular complexity index is 787. The van der Waals surface area contributed by atoms with E-state index in [1.165, 1.54) is 27.4 Å². The number of sulfonamides is 1. The van der Waals surface area contributed by atoms with Gasteiger partial charge in [0.05, 0.1) is 18.5 Å². The maximum absolute atomic E-state index is 12.9. The Labute approximate surface area is 162 Å². The van der Waals surface area contributed by atoms with Crippen molar-refractivity contribution in [3.63, 3.8) is 0 Å². The number of hydrogen-bond acceptors (Lipinski definition) is 6. The van der Waals surface area contributed by atoms with Gasteiger partial charge in [-0.1, -0.05) is 6.07 Å². The van der Waals surface area contributed by atoms with Crippen LogP contribution >= 0.6 is 0 Å². The van der Waals surface area contributed by atoms with Crippen LogP contribution in [-0.4, -0.2) is 86.2 Å². The zero-order valence-electron chi connectivity index (χ0n) is 15.3. The van der Waals surface area contributed by atoms with E-state index < -0.39 is 34.2 Å². The molecule has 8 nitrogen and oxygen atoms in total. The van der Waals surface area contributed by atoms with Crippen LogP contribution < -0.4 is 4.74 Å². The van der Waals surface area contributed by atoms with Gasteiger partial charge >= 0.3 is 0 Å². The number of morpholine rings is 1. The molecule has 11 heteroatoms. The van der Waals surface area contributed by atoms with Crippen LogP contribution in [0, 0.1) is 0 Å². The summed E-state index contributed by atoms with van der Waals surface area (Å²) >= 11 is 0. The van der Waals surface area contributed by atoms with Crippen LogP contribution in [0.15, 0.2) is 18.2 Å².